The highest BCUT2D eigenvalue weighted by molar-refractivity contribution is 7.80. The number of ether oxygens (including phenoxy) is 1. The van der Waals surface area contributed by atoms with E-state index in [4.69, 9.17) is 4.74 Å². The lowest BCUT2D eigenvalue weighted by atomic mass is 10.3. The number of aromatic nitrogens is 3. The molecular weight excluding hydrogens is 212 g/mol. The number of fused-ring (bicyclic) bond motifs is 1. The molecular formula is C9H16N4OS. The molecule has 0 atom stereocenters. The third kappa shape index (κ3) is 2.93. The third-order valence-corrected chi connectivity index (χ3v) is 2.69. The minimum Gasteiger partial charge on any atom is -0.379 e. The van der Waals surface area contributed by atoms with Gasteiger partial charge in [0.1, 0.15) is 12.2 Å². The highest BCUT2D eigenvalue weighted by Crippen LogP contribution is 2.07. The van der Waals surface area contributed by atoms with Crippen molar-refractivity contribution in [1.82, 2.24) is 19.7 Å². The van der Waals surface area contributed by atoms with Gasteiger partial charge in [0, 0.05) is 25.4 Å². The second kappa shape index (κ2) is 5.48. The van der Waals surface area contributed by atoms with E-state index >= 15 is 0 Å². The van der Waals surface area contributed by atoms with Gasteiger partial charge in [-0.05, 0) is 0 Å². The molecule has 0 unspecified atom stereocenters. The fourth-order valence-electron chi connectivity index (χ4n) is 1.67. The van der Waals surface area contributed by atoms with Gasteiger partial charge in [0.2, 0.25) is 0 Å². The van der Waals surface area contributed by atoms with Crippen LogP contribution in [0.4, 0.5) is 0 Å². The van der Waals surface area contributed by atoms with Crippen LogP contribution in [-0.4, -0.2) is 51.7 Å². The molecule has 0 saturated carbocycles. The summed E-state index contributed by atoms with van der Waals surface area (Å²) in [5, 5.41) is 7.96. The standard InChI is InChI=1S/C9H16N4OS/c15-6-5-14-4-3-12-1-2-13-8-10-11-9(13)7-12/h8,15H,1-7H2. The molecule has 0 aromatic carbocycles. The molecule has 0 saturated heterocycles. The van der Waals surface area contributed by atoms with Crippen molar-refractivity contribution >= 4 is 12.6 Å². The van der Waals surface area contributed by atoms with E-state index in [2.05, 4.69) is 32.3 Å². The summed E-state index contributed by atoms with van der Waals surface area (Å²) < 4.78 is 7.50. The first-order chi connectivity index (χ1) is 7.40. The van der Waals surface area contributed by atoms with E-state index in [9.17, 15) is 0 Å². The zero-order chi connectivity index (χ0) is 10.5. The molecule has 0 amide bonds. The summed E-state index contributed by atoms with van der Waals surface area (Å²) in [5.74, 6) is 1.84. The second-order valence-electron chi connectivity index (χ2n) is 3.55. The first-order valence-corrected chi connectivity index (χ1v) is 5.81. The van der Waals surface area contributed by atoms with Gasteiger partial charge in [0.05, 0.1) is 19.8 Å². The first-order valence-electron chi connectivity index (χ1n) is 5.18. The van der Waals surface area contributed by atoms with Gasteiger partial charge in [-0.1, -0.05) is 0 Å². The molecule has 0 fully saturated rings. The van der Waals surface area contributed by atoms with Crippen LogP contribution in [0.5, 0.6) is 0 Å². The predicted octanol–water partition coefficient (Wildman–Crippen LogP) is 0.0401. The van der Waals surface area contributed by atoms with Crippen molar-refractivity contribution in [3.8, 4) is 0 Å². The molecule has 6 heteroatoms. The molecule has 0 bridgehead atoms. The van der Waals surface area contributed by atoms with Gasteiger partial charge in [0.25, 0.3) is 0 Å². The van der Waals surface area contributed by atoms with E-state index in [0.717, 1.165) is 51.0 Å². The zero-order valence-electron chi connectivity index (χ0n) is 8.67. The van der Waals surface area contributed by atoms with Gasteiger partial charge in [-0.3, -0.25) is 4.90 Å². The van der Waals surface area contributed by atoms with Crippen molar-refractivity contribution in [3.63, 3.8) is 0 Å². The van der Waals surface area contributed by atoms with Crippen LogP contribution >= 0.6 is 12.6 Å². The largest absolute Gasteiger partial charge is 0.379 e. The Balaban J connectivity index is 1.73. The lowest BCUT2D eigenvalue weighted by molar-refractivity contribution is 0.103. The molecule has 0 N–H and O–H groups in total. The Bertz CT molecular complexity index is 304. The molecule has 5 nitrogen and oxygen atoms in total. The second-order valence-corrected chi connectivity index (χ2v) is 4.00. The van der Waals surface area contributed by atoms with Crippen molar-refractivity contribution < 1.29 is 4.74 Å². The van der Waals surface area contributed by atoms with E-state index in [1.54, 1.807) is 6.33 Å². The maximum absolute atomic E-state index is 5.39. The lowest BCUT2D eigenvalue weighted by Gasteiger charge is -2.26. The Kier molecular flexibility index (Phi) is 3.99. The Morgan fingerprint density at radius 2 is 2.33 bits per heavy atom. The van der Waals surface area contributed by atoms with E-state index in [1.165, 1.54) is 0 Å². The minimum absolute atomic E-state index is 0.729. The molecule has 2 heterocycles. The highest BCUT2D eigenvalue weighted by atomic mass is 32.1. The summed E-state index contributed by atoms with van der Waals surface area (Å²) in [5.41, 5.74) is 0. The van der Waals surface area contributed by atoms with Crippen molar-refractivity contribution in [2.75, 3.05) is 32.1 Å². The summed E-state index contributed by atoms with van der Waals surface area (Å²) in [4.78, 5) is 2.34. The molecule has 0 spiro atoms. The van der Waals surface area contributed by atoms with Crippen LogP contribution in [0.3, 0.4) is 0 Å². The Labute approximate surface area is 94.8 Å². The first kappa shape index (κ1) is 10.9. The molecule has 0 radical (unpaired) electrons. The quantitative estimate of drug-likeness (QED) is 0.571. The highest BCUT2D eigenvalue weighted by Gasteiger charge is 2.16. The Morgan fingerprint density at radius 3 is 3.20 bits per heavy atom. The Morgan fingerprint density at radius 1 is 1.40 bits per heavy atom. The van der Waals surface area contributed by atoms with E-state index in [1.807, 2.05) is 0 Å². The van der Waals surface area contributed by atoms with Gasteiger partial charge in [0.15, 0.2) is 0 Å². The maximum atomic E-state index is 5.39. The van der Waals surface area contributed by atoms with Gasteiger partial charge in [-0.25, -0.2) is 0 Å². The predicted molar refractivity (Wildman–Crippen MR) is 60.0 cm³/mol. The average Bonchev–Trinajstić information content (AvgIpc) is 2.71. The number of hydrogen-bond acceptors (Lipinski definition) is 5. The fourth-order valence-corrected chi connectivity index (χ4v) is 1.80. The summed E-state index contributed by atoms with van der Waals surface area (Å²) in [6.45, 7) is 5.37. The van der Waals surface area contributed by atoms with E-state index < -0.39 is 0 Å². The summed E-state index contributed by atoms with van der Waals surface area (Å²) in [6.07, 6.45) is 1.80. The molecule has 1 aromatic rings. The van der Waals surface area contributed by atoms with Gasteiger partial charge < -0.3 is 9.30 Å². The smallest absolute Gasteiger partial charge is 0.147 e. The molecule has 1 aromatic heterocycles. The Hall–Kier alpha value is -0.590. The van der Waals surface area contributed by atoms with Gasteiger partial charge in [-0.2, -0.15) is 12.6 Å². The minimum atomic E-state index is 0.729. The third-order valence-electron chi connectivity index (χ3n) is 2.51. The molecule has 1 aliphatic rings. The number of nitrogens with zero attached hydrogens (tertiary/aromatic N) is 4. The summed E-state index contributed by atoms with van der Waals surface area (Å²) in [7, 11) is 0. The monoisotopic (exact) mass is 228 g/mol. The van der Waals surface area contributed by atoms with Crippen LogP contribution in [-0.2, 0) is 17.8 Å². The van der Waals surface area contributed by atoms with Crippen molar-refractivity contribution in [2.45, 2.75) is 13.1 Å². The SMILES string of the molecule is SCCOCCN1CCn2cnnc2C1. The van der Waals surface area contributed by atoms with Crippen LogP contribution in [0, 0.1) is 0 Å². The fraction of sp³-hybridized carbons (Fsp3) is 0.778. The molecule has 15 heavy (non-hydrogen) atoms. The summed E-state index contributed by atoms with van der Waals surface area (Å²) in [6, 6.07) is 0. The van der Waals surface area contributed by atoms with Gasteiger partial charge in [-0.15, -0.1) is 10.2 Å². The number of rotatable bonds is 5. The molecule has 84 valence electrons. The average molecular weight is 228 g/mol. The number of hydrogen-bond donors (Lipinski definition) is 1. The van der Waals surface area contributed by atoms with Crippen LogP contribution in [0.2, 0.25) is 0 Å². The van der Waals surface area contributed by atoms with Crippen molar-refractivity contribution in [2.24, 2.45) is 0 Å². The van der Waals surface area contributed by atoms with Gasteiger partial charge >= 0.3 is 0 Å². The van der Waals surface area contributed by atoms with Crippen LogP contribution in [0.25, 0.3) is 0 Å². The van der Waals surface area contributed by atoms with Crippen molar-refractivity contribution in [3.05, 3.63) is 12.2 Å². The van der Waals surface area contributed by atoms with E-state index in [-0.39, 0.29) is 0 Å². The van der Waals surface area contributed by atoms with E-state index in [0.29, 0.717) is 0 Å². The molecule has 0 aliphatic carbocycles. The molecule has 1 aliphatic heterocycles. The number of thiol groups is 1. The van der Waals surface area contributed by atoms with Crippen molar-refractivity contribution in [1.29, 1.82) is 0 Å². The molecule has 2 rings (SSSR count). The van der Waals surface area contributed by atoms with Crippen LogP contribution in [0.1, 0.15) is 5.82 Å². The lowest BCUT2D eigenvalue weighted by Crippen LogP contribution is -2.35. The summed E-state index contributed by atoms with van der Waals surface area (Å²) >= 11 is 4.09. The normalized spacial score (nSPS) is 16.6. The van der Waals surface area contributed by atoms with Crippen LogP contribution < -0.4 is 0 Å². The maximum Gasteiger partial charge on any atom is 0.147 e. The van der Waals surface area contributed by atoms with Crippen LogP contribution in [0.15, 0.2) is 6.33 Å². The topological polar surface area (TPSA) is 43.2 Å². The zero-order valence-corrected chi connectivity index (χ0v) is 9.57.